The number of nitrogens with zero attached hydrogens (tertiary/aromatic N) is 1. The van der Waals surface area contributed by atoms with Crippen molar-refractivity contribution in [3.63, 3.8) is 0 Å². The van der Waals surface area contributed by atoms with E-state index in [2.05, 4.69) is 54.8 Å². The van der Waals surface area contributed by atoms with Crippen molar-refractivity contribution in [2.45, 2.75) is 258 Å². The highest BCUT2D eigenvalue weighted by atomic mass is 16.3. The van der Waals surface area contributed by atoms with Gasteiger partial charge in [0.25, 0.3) is 0 Å². The van der Waals surface area contributed by atoms with Gasteiger partial charge in [-0.05, 0) is 104 Å². The number of likely N-dealkylation sites (tertiary alicyclic amines) is 1. The van der Waals surface area contributed by atoms with Crippen LogP contribution in [-0.4, -0.2) is 142 Å². The van der Waals surface area contributed by atoms with Gasteiger partial charge in [0, 0.05) is 32.5 Å². The Kier molecular flexibility index (Phi) is 29.9. The van der Waals surface area contributed by atoms with Gasteiger partial charge in [-0.2, -0.15) is 0 Å². The van der Waals surface area contributed by atoms with Crippen molar-refractivity contribution in [3.8, 4) is 0 Å². The second kappa shape index (κ2) is 33.9. The van der Waals surface area contributed by atoms with Gasteiger partial charge in [0.05, 0.1) is 6.61 Å². The second-order valence-electron chi connectivity index (χ2n) is 24.1. The lowest BCUT2D eigenvalue weighted by Gasteiger charge is -2.35. The molecule has 2 rings (SSSR count). The van der Waals surface area contributed by atoms with Crippen molar-refractivity contribution in [2.75, 3.05) is 26.2 Å². The Hall–Kier alpha value is -5.34. The Morgan fingerprint density at radius 2 is 1.06 bits per heavy atom. The average Bonchev–Trinajstić information content (AvgIpc) is 3.86. The van der Waals surface area contributed by atoms with Crippen LogP contribution in [0.15, 0.2) is 0 Å². The lowest BCUT2D eigenvalue weighted by molar-refractivity contribution is -0.141. The monoisotopic (exact) mass is 1100 g/mol. The molecule has 1 heterocycles. The summed E-state index contributed by atoms with van der Waals surface area (Å²) in [5.74, 6) is -5.24. The maximum atomic E-state index is 14.4. The van der Waals surface area contributed by atoms with Crippen molar-refractivity contribution < 1.29 is 53.1 Å². The van der Waals surface area contributed by atoms with Gasteiger partial charge in [-0.1, -0.05) is 112 Å². The zero-order valence-corrected chi connectivity index (χ0v) is 49.6. The van der Waals surface area contributed by atoms with Crippen LogP contribution in [0.1, 0.15) is 212 Å². The van der Waals surface area contributed by atoms with E-state index in [4.69, 9.17) is 5.11 Å². The summed E-state index contributed by atoms with van der Waals surface area (Å²) < 4.78 is 0. The zero-order valence-electron chi connectivity index (χ0n) is 49.6. The molecule has 0 spiro atoms. The molecule has 0 bridgehead atoms. The first-order valence-electron chi connectivity index (χ1n) is 29.2. The minimum Gasteiger partial charge on any atom is -0.395 e. The summed E-state index contributed by atoms with van der Waals surface area (Å²) >= 11 is 0. The summed E-state index contributed by atoms with van der Waals surface area (Å²) in [6, 6.07) is -4.95. The molecule has 10 amide bonds. The van der Waals surface area contributed by atoms with Gasteiger partial charge in [0.2, 0.25) is 59.1 Å². The number of aliphatic hydroxyl groups is 1. The number of carbonyl (C=O) groups excluding carboxylic acids is 10. The molecule has 0 aromatic heterocycles. The lowest BCUT2D eigenvalue weighted by atomic mass is 9.84. The van der Waals surface area contributed by atoms with Crippen LogP contribution < -0.4 is 47.9 Å². The van der Waals surface area contributed by atoms with Crippen LogP contribution in [0.2, 0.25) is 0 Å². The fourth-order valence-corrected chi connectivity index (χ4v) is 9.81. The van der Waals surface area contributed by atoms with Gasteiger partial charge in [0.15, 0.2) is 0 Å². The van der Waals surface area contributed by atoms with Crippen LogP contribution in [0.25, 0.3) is 0 Å². The highest BCUT2D eigenvalue weighted by Crippen LogP contribution is 2.28. The SMILES string of the molecule is CCCCCCCC[C@H](NC(=O)C(C)(C)NC(=O)C(C)(C)NC(=O)[C@H](CC1CCCCC1)NC(=O)[C@@H]1CCCN1C(=O)CCC)C(=O)N[C@@H](CC(C)C)C(=O)NC(C)(C)C(=O)N[C@@H](CC(C)C)C(=O)NCCC(=O)NCCO. The Morgan fingerprint density at radius 3 is 1.64 bits per heavy atom. The predicted octanol–water partition coefficient (Wildman–Crippen LogP) is 3.83. The lowest BCUT2D eigenvalue weighted by Crippen LogP contribution is -2.66. The minimum absolute atomic E-state index is 0.00321. The summed E-state index contributed by atoms with van der Waals surface area (Å²) in [7, 11) is 0. The Morgan fingerprint density at radius 1 is 0.526 bits per heavy atom. The van der Waals surface area contributed by atoms with Crippen molar-refractivity contribution in [1.82, 2.24) is 52.8 Å². The first kappa shape index (κ1) is 68.8. The van der Waals surface area contributed by atoms with Crippen LogP contribution in [-0.2, 0) is 47.9 Å². The molecule has 0 aromatic carbocycles. The first-order chi connectivity index (χ1) is 36.6. The number of nitrogens with one attached hydrogen (secondary N) is 9. The van der Waals surface area contributed by atoms with Crippen LogP contribution in [0.5, 0.6) is 0 Å². The molecule has 0 radical (unpaired) electrons. The number of carbonyl (C=O) groups is 10. The first-order valence-corrected chi connectivity index (χ1v) is 29.2. The zero-order chi connectivity index (χ0) is 58.8. The summed E-state index contributed by atoms with van der Waals surface area (Å²) in [6.07, 6.45) is 13.4. The Balaban J connectivity index is 2.29. The highest BCUT2D eigenvalue weighted by molar-refractivity contribution is 6.00. The molecule has 2 fully saturated rings. The topological polar surface area (TPSA) is 302 Å². The van der Waals surface area contributed by atoms with Crippen LogP contribution in [0, 0.1) is 17.8 Å². The van der Waals surface area contributed by atoms with E-state index in [9.17, 15) is 47.9 Å². The predicted molar refractivity (Wildman–Crippen MR) is 300 cm³/mol. The average molecular weight is 1100 g/mol. The van der Waals surface area contributed by atoms with E-state index in [1.165, 1.54) is 41.5 Å². The van der Waals surface area contributed by atoms with E-state index in [0.29, 0.717) is 45.1 Å². The molecule has 0 unspecified atom stereocenters. The maximum absolute atomic E-state index is 14.4. The van der Waals surface area contributed by atoms with E-state index < -0.39 is 94.1 Å². The van der Waals surface area contributed by atoms with Crippen molar-refractivity contribution in [2.24, 2.45) is 17.8 Å². The molecule has 21 heteroatoms. The third-order valence-corrected chi connectivity index (χ3v) is 14.5. The van der Waals surface area contributed by atoms with Crippen molar-refractivity contribution in [3.05, 3.63) is 0 Å². The second-order valence-corrected chi connectivity index (χ2v) is 24.1. The summed E-state index contributed by atoms with van der Waals surface area (Å²) in [5, 5.41) is 33.9. The van der Waals surface area contributed by atoms with E-state index in [1.807, 2.05) is 34.6 Å². The highest BCUT2D eigenvalue weighted by Gasteiger charge is 2.42. The van der Waals surface area contributed by atoms with Crippen LogP contribution in [0.3, 0.4) is 0 Å². The third kappa shape index (κ3) is 24.4. The van der Waals surface area contributed by atoms with E-state index >= 15 is 0 Å². The Labute approximate surface area is 465 Å². The van der Waals surface area contributed by atoms with Gasteiger partial charge < -0.3 is 57.9 Å². The number of hydrogen-bond acceptors (Lipinski definition) is 11. The fraction of sp³-hybridized carbons (Fsp3) is 0.825. The molecule has 21 nitrogen and oxygen atoms in total. The number of aliphatic hydroxyl groups excluding tert-OH is 1. The molecule has 446 valence electrons. The van der Waals surface area contributed by atoms with Gasteiger partial charge in [0.1, 0.15) is 46.8 Å². The molecule has 5 atom stereocenters. The minimum atomic E-state index is -1.63. The maximum Gasteiger partial charge on any atom is 0.246 e. The molecular weight excluding hydrogens is 1000 g/mol. The van der Waals surface area contributed by atoms with Crippen molar-refractivity contribution in [1.29, 1.82) is 0 Å². The van der Waals surface area contributed by atoms with Gasteiger partial charge in [-0.25, -0.2) is 0 Å². The molecule has 10 N–H and O–H groups in total. The number of amides is 10. The van der Waals surface area contributed by atoms with E-state index in [-0.39, 0.29) is 74.9 Å². The number of rotatable bonds is 35. The molecule has 0 aromatic rings. The molecule has 1 aliphatic carbocycles. The summed E-state index contributed by atoms with van der Waals surface area (Å²) in [5.41, 5.74) is -4.78. The van der Waals surface area contributed by atoms with Gasteiger partial charge in [-0.15, -0.1) is 0 Å². The smallest absolute Gasteiger partial charge is 0.246 e. The quantitative estimate of drug-likeness (QED) is 0.0407. The van der Waals surface area contributed by atoms with Gasteiger partial charge in [-0.3, -0.25) is 47.9 Å². The third-order valence-electron chi connectivity index (χ3n) is 14.5. The fourth-order valence-electron chi connectivity index (χ4n) is 9.81. The van der Waals surface area contributed by atoms with Gasteiger partial charge >= 0.3 is 0 Å². The van der Waals surface area contributed by atoms with Crippen LogP contribution in [0.4, 0.5) is 0 Å². The van der Waals surface area contributed by atoms with Crippen LogP contribution >= 0.6 is 0 Å². The molecule has 1 saturated carbocycles. The van der Waals surface area contributed by atoms with E-state index in [0.717, 1.165) is 64.2 Å². The Bertz CT molecular complexity index is 1990. The summed E-state index contributed by atoms with van der Waals surface area (Å²) in [6.45, 7) is 20.8. The normalized spacial score (nSPS) is 16.8. The summed E-state index contributed by atoms with van der Waals surface area (Å²) in [4.78, 5) is 139. The molecular formula is C57H102N10O11. The largest absolute Gasteiger partial charge is 0.395 e. The molecule has 2 aliphatic rings. The molecule has 1 saturated heterocycles. The molecule has 1 aliphatic heterocycles. The standard InChI is InChI=1S/C57H102N10O11/c1-13-15-16-17-18-22-27-40(48(72)60-42(35-38(5)6)49(73)64-55(7,8)52(76)63-41(34-37(3)4)47(71)59-30-29-45(69)58-31-33-68)62-53(77)56(9,10)66-54(78)57(11,12)65-50(74)43(36-39-25-20-19-21-26-39)61-51(75)44-28-23-32-67(44)46(70)24-14-2/h37-44,68H,13-36H2,1-12H3,(H,58,69)(H,59,71)(H,60,72)(H,61,75)(H,62,77)(H,63,76)(H,64,73)(H,65,74)(H,66,78)/t40-,41-,42-,43-,44-/m0/s1. The van der Waals surface area contributed by atoms with E-state index in [1.54, 1.807) is 4.90 Å². The number of hydrogen-bond donors (Lipinski definition) is 10. The van der Waals surface area contributed by atoms with Crippen molar-refractivity contribution >= 4 is 59.1 Å². The number of unbranched alkanes of at least 4 members (excludes halogenated alkanes) is 5. The molecule has 78 heavy (non-hydrogen) atoms.